The molecular formula is C21H30N2O3S. The molecule has 5 nitrogen and oxygen atoms in total. The second-order valence-electron chi connectivity index (χ2n) is 7.49. The number of anilines is 1. The second-order valence-corrected chi connectivity index (χ2v) is 8.32. The summed E-state index contributed by atoms with van der Waals surface area (Å²) in [4.78, 5) is 15.0. The number of nitriles is 1. The van der Waals surface area contributed by atoms with E-state index in [0.29, 0.717) is 18.4 Å². The minimum absolute atomic E-state index is 0.0474. The Balaban J connectivity index is 2.34. The van der Waals surface area contributed by atoms with Crippen LogP contribution in [0.3, 0.4) is 0 Å². The molecule has 0 N–H and O–H groups in total. The number of thioether (sulfide) groups is 1. The highest BCUT2D eigenvalue weighted by atomic mass is 32.2. The first kappa shape index (κ1) is 21.6. The predicted octanol–water partition coefficient (Wildman–Crippen LogP) is 4.57. The third-order valence-corrected chi connectivity index (χ3v) is 5.55. The van der Waals surface area contributed by atoms with Crippen LogP contribution >= 0.6 is 11.8 Å². The van der Waals surface area contributed by atoms with Crippen LogP contribution in [0.1, 0.15) is 51.5 Å². The second kappa shape index (κ2) is 10.6. The van der Waals surface area contributed by atoms with Crippen molar-refractivity contribution in [3.8, 4) is 5.40 Å². The number of rotatable bonds is 8. The zero-order valence-corrected chi connectivity index (χ0v) is 17.6. The quantitative estimate of drug-likeness (QED) is 0.368. The molecule has 148 valence electrons. The van der Waals surface area contributed by atoms with Gasteiger partial charge in [-0.3, -0.25) is 4.79 Å². The molecule has 0 spiro atoms. The Bertz CT molecular complexity index is 666. The van der Waals surface area contributed by atoms with Crippen LogP contribution in [-0.2, 0) is 14.3 Å². The van der Waals surface area contributed by atoms with E-state index in [4.69, 9.17) is 9.47 Å². The minimum atomic E-state index is -0.218. The molecule has 1 aromatic carbocycles. The van der Waals surface area contributed by atoms with Crippen molar-refractivity contribution in [3.63, 3.8) is 0 Å². The zero-order chi connectivity index (χ0) is 19.8. The van der Waals surface area contributed by atoms with Gasteiger partial charge >= 0.3 is 5.97 Å². The van der Waals surface area contributed by atoms with Crippen molar-refractivity contribution in [1.82, 2.24) is 0 Å². The SMILES string of the molecule is COC(=O)C[C@@H](C)c1ccc(N(CC(C)C)C2CCOCC2)c(SC#N)c1. The highest BCUT2D eigenvalue weighted by Crippen LogP contribution is 2.36. The normalized spacial score (nSPS) is 16.0. The van der Waals surface area contributed by atoms with Crippen molar-refractivity contribution in [2.24, 2.45) is 5.92 Å². The summed E-state index contributed by atoms with van der Waals surface area (Å²) in [6.45, 7) is 8.97. The number of esters is 1. The lowest BCUT2D eigenvalue weighted by molar-refractivity contribution is -0.140. The van der Waals surface area contributed by atoms with Crippen molar-refractivity contribution in [2.45, 2.75) is 56.9 Å². The standard InChI is InChI=1S/C21H30N2O3S/c1-15(2)13-23(18-7-9-26-10-8-18)19-6-5-17(12-20(19)27-14-22)16(3)11-21(24)25-4/h5-6,12,15-16,18H,7-11,13H2,1-4H3/t16-/m1/s1. The fraction of sp³-hybridized carbons (Fsp3) is 0.619. The van der Waals surface area contributed by atoms with Crippen LogP contribution in [0.4, 0.5) is 5.69 Å². The smallest absolute Gasteiger partial charge is 0.306 e. The van der Waals surface area contributed by atoms with Gasteiger partial charge in [-0.05, 0) is 54.1 Å². The van der Waals surface area contributed by atoms with Gasteiger partial charge in [-0.25, -0.2) is 0 Å². The Kier molecular flexibility index (Phi) is 8.46. The van der Waals surface area contributed by atoms with Crippen molar-refractivity contribution >= 4 is 23.4 Å². The molecule has 0 aromatic heterocycles. The fourth-order valence-corrected chi connectivity index (χ4v) is 4.07. The van der Waals surface area contributed by atoms with Gasteiger partial charge in [0.1, 0.15) is 5.40 Å². The summed E-state index contributed by atoms with van der Waals surface area (Å²) in [6.07, 6.45) is 2.34. The van der Waals surface area contributed by atoms with Crippen LogP contribution < -0.4 is 4.90 Å². The lowest BCUT2D eigenvalue weighted by atomic mass is 9.96. The maximum Gasteiger partial charge on any atom is 0.306 e. The van der Waals surface area contributed by atoms with Gasteiger partial charge in [0.25, 0.3) is 0 Å². The topological polar surface area (TPSA) is 62.6 Å². The third kappa shape index (κ3) is 6.15. The molecule has 1 aliphatic rings. The van der Waals surface area contributed by atoms with E-state index in [1.54, 1.807) is 0 Å². The molecular weight excluding hydrogens is 360 g/mol. The van der Waals surface area contributed by atoms with Gasteiger partial charge in [0.15, 0.2) is 0 Å². The summed E-state index contributed by atoms with van der Waals surface area (Å²) in [6, 6.07) is 6.68. The summed E-state index contributed by atoms with van der Waals surface area (Å²) < 4.78 is 10.3. The number of hydrogen-bond donors (Lipinski definition) is 0. The van der Waals surface area contributed by atoms with Crippen LogP contribution in [0.25, 0.3) is 0 Å². The summed E-state index contributed by atoms with van der Waals surface area (Å²) in [7, 11) is 1.41. The van der Waals surface area contributed by atoms with Crippen LogP contribution in [0.2, 0.25) is 0 Å². The first-order valence-electron chi connectivity index (χ1n) is 9.57. The first-order valence-corrected chi connectivity index (χ1v) is 10.4. The number of thiocyanates is 1. The van der Waals surface area contributed by atoms with Gasteiger partial charge in [-0.2, -0.15) is 5.26 Å². The Morgan fingerprint density at radius 3 is 2.67 bits per heavy atom. The number of benzene rings is 1. The molecule has 0 bridgehead atoms. The van der Waals surface area contributed by atoms with Crippen LogP contribution in [0, 0.1) is 16.6 Å². The van der Waals surface area contributed by atoms with E-state index < -0.39 is 0 Å². The maximum atomic E-state index is 11.6. The van der Waals surface area contributed by atoms with Gasteiger partial charge in [0, 0.05) is 30.7 Å². The van der Waals surface area contributed by atoms with E-state index in [2.05, 4.69) is 42.3 Å². The van der Waals surface area contributed by atoms with Crippen LogP contribution in [0.5, 0.6) is 0 Å². The molecule has 0 unspecified atom stereocenters. The monoisotopic (exact) mass is 390 g/mol. The van der Waals surface area contributed by atoms with E-state index >= 15 is 0 Å². The molecule has 1 saturated heterocycles. The molecule has 2 rings (SSSR count). The molecule has 0 amide bonds. The van der Waals surface area contributed by atoms with Gasteiger partial charge in [0.05, 0.1) is 19.2 Å². The highest BCUT2D eigenvalue weighted by molar-refractivity contribution is 8.03. The maximum absolute atomic E-state index is 11.6. The number of hydrogen-bond acceptors (Lipinski definition) is 6. The van der Waals surface area contributed by atoms with Crippen molar-refractivity contribution in [3.05, 3.63) is 23.8 Å². The number of ether oxygens (including phenoxy) is 2. The lowest BCUT2D eigenvalue weighted by Crippen LogP contribution is -2.42. The Morgan fingerprint density at radius 1 is 1.37 bits per heavy atom. The fourth-order valence-electron chi connectivity index (χ4n) is 3.49. The molecule has 1 heterocycles. The summed E-state index contributed by atoms with van der Waals surface area (Å²) in [5.41, 5.74) is 2.16. The molecule has 0 radical (unpaired) electrons. The van der Waals surface area contributed by atoms with Crippen LogP contribution in [-0.4, -0.2) is 38.9 Å². The molecule has 27 heavy (non-hydrogen) atoms. The molecule has 0 saturated carbocycles. The Morgan fingerprint density at radius 2 is 2.07 bits per heavy atom. The largest absolute Gasteiger partial charge is 0.469 e. The van der Waals surface area contributed by atoms with E-state index in [1.165, 1.54) is 18.9 Å². The number of carbonyl (C=O) groups excluding carboxylic acids is 1. The van der Waals surface area contributed by atoms with Crippen molar-refractivity contribution in [1.29, 1.82) is 5.26 Å². The third-order valence-electron chi connectivity index (χ3n) is 4.91. The average molecular weight is 391 g/mol. The average Bonchev–Trinajstić information content (AvgIpc) is 2.67. The summed E-state index contributed by atoms with van der Waals surface area (Å²) >= 11 is 1.19. The molecule has 1 aromatic rings. The van der Waals surface area contributed by atoms with Gasteiger partial charge in [-0.15, -0.1) is 0 Å². The van der Waals surface area contributed by atoms with Crippen molar-refractivity contribution < 1.29 is 14.3 Å². The zero-order valence-electron chi connectivity index (χ0n) is 16.7. The lowest BCUT2D eigenvalue weighted by Gasteiger charge is -2.38. The minimum Gasteiger partial charge on any atom is -0.469 e. The van der Waals surface area contributed by atoms with Gasteiger partial charge in [-0.1, -0.05) is 26.8 Å². The Labute approximate surface area is 167 Å². The number of methoxy groups -OCH3 is 1. The molecule has 1 aliphatic heterocycles. The molecule has 1 atom stereocenters. The summed E-state index contributed by atoms with van der Waals surface area (Å²) in [5.74, 6) is 0.349. The Hall–Kier alpha value is -1.71. The highest BCUT2D eigenvalue weighted by Gasteiger charge is 2.25. The van der Waals surface area contributed by atoms with Crippen LogP contribution in [0.15, 0.2) is 23.1 Å². The van der Waals surface area contributed by atoms with E-state index in [-0.39, 0.29) is 11.9 Å². The summed E-state index contributed by atoms with van der Waals surface area (Å²) in [5, 5.41) is 11.6. The number of carbonyl (C=O) groups is 1. The molecule has 1 fully saturated rings. The molecule has 0 aliphatic carbocycles. The predicted molar refractivity (Wildman–Crippen MR) is 109 cm³/mol. The van der Waals surface area contributed by atoms with Gasteiger partial charge < -0.3 is 14.4 Å². The first-order chi connectivity index (χ1) is 13.0. The van der Waals surface area contributed by atoms with E-state index in [0.717, 1.165) is 48.7 Å². The molecule has 6 heteroatoms. The van der Waals surface area contributed by atoms with Crippen molar-refractivity contribution in [2.75, 3.05) is 31.8 Å². The van der Waals surface area contributed by atoms with Gasteiger partial charge in [0.2, 0.25) is 0 Å². The number of nitrogens with zero attached hydrogens (tertiary/aromatic N) is 2. The van der Waals surface area contributed by atoms with E-state index in [1.807, 2.05) is 6.92 Å². The van der Waals surface area contributed by atoms with E-state index in [9.17, 15) is 10.1 Å².